The third kappa shape index (κ3) is 3.04. The molecule has 1 N–H and O–H groups in total. The van der Waals surface area contributed by atoms with Crippen LogP contribution in [0.25, 0.3) is 11.4 Å². The van der Waals surface area contributed by atoms with Crippen LogP contribution in [-0.4, -0.2) is 22.7 Å². The molecule has 2 aromatic rings. The van der Waals surface area contributed by atoms with Crippen molar-refractivity contribution in [1.82, 2.24) is 15.5 Å². The molecule has 1 atom stereocenters. The molecular weight excluding hydrogens is 257 g/mol. The molecule has 5 heteroatoms. The smallest absolute Gasteiger partial charge is 0.228 e. The molecule has 0 aliphatic heterocycles. The standard InChI is InChI=1S/C15H18FN3O/c1-2-17-13(10-6-7-10)9-14-18-15(19-20-14)11-4-3-5-12(16)8-11/h3-5,8,10,13,17H,2,6-7,9H2,1H3. The summed E-state index contributed by atoms with van der Waals surface area (Å²) in [5.74, 6) is 1.49. The molecule has 0 radical (unpaired) electrons. The van der Waals surface area contributed by atoms with Crippen LogP contribution in [0.4, 0.5) is 4.39 Å². The molecule has 0 bridgehead atoms. The minimum Gasteiger partial charge on any atom is -0.339 e. The quantitative estimate of drug-likeness (QED) is 0.880. The Morgan fingerprint density at radius 1 is 1.45 bits per heavy atom. The summed E-state index contributed by atoms with van der Waals surface area (Å²) < 4.78 is 18.5. The van der Waals surface area contributed by atoms with E-state index in [9.17, 15) is 4.39 Å². The zero-order valence-corrected chi connectivity index (χ0v) is 11.5. The van der Waals surface area contributed by atoms with Crippen LogP contribution in [0.15, 0.2) is 28.8 Å². The van der Waals surface area contributed by atoms with Crippen molar-refractivity contribution in [3.8, 4) is 11.4 Å². The van der Waals surface area contributed by atoms with E-state index in [-0.39, 0.29) is 5.82 Å². The molecule has 0 saturated heterocycles. The molecule has 0 amide bonds. The van der Waals surface area contributed by atoms with Gasteiger partial charge in [0.2, 0.25) is 11.7 Å². The fourth-order valence-electron chi connectivity index (χ4n) is 2.44. The van der Waals surface area contributed by atoms with Gasteiger partial charge in [0.05, 0.1) is 0 Å². The van der Waals surface area contributed by atoms with E-state index in [1.54, 1.807) is 12.1 Å². The fourth-order valence-corrected chi connectivity index (χ4v) is 2.44. The van der Waals surface area contributed by atoms with Gasteiger partial charge in [0.1, 0.15) is 5.82 Å². The highest BCUT2D eigenvalue weighted by atomic mass is 19.1. The third-order valence-corrected chi connectivity index (χ3v) is 3.60. The van der Waals surface area contributed by atoms with Gasteiger partial charge in [0, 0.05) is 18.0 Å². The predicted octanol–water partition coefficient (Wildman–Crippen LogP) is 2.81. The lowest BCUT2D eigenvalue weighted by Gasteiger charge is -2.14. The SMILES string of the molecule is CCNC(Cc1nc(-c2cccc(F)c2)no1)C1CC1. The van der Waals surface area contributed by atoms with Crippen LogP contribution in [0.3, 0.4) is 0 Å². The molecule has 106 valence electrons. The van der Waals surface area contributed by atoms with Crippen molar-refractivity contribution >= 4 is 0 Å². The van der Waals surface area contributed by atoms with E-state index in [0.717, 1.165) is 18.9 Å². The number of hydrogen-bond donors (Lipinski definition) is 1. The van der Waals surface area contributed by atoms with Gasteiger partial charge in [-0.2, -0.15) is 4.98 Å². The minimum absolute atomic E-state index is 0.294. The second-order valence-corrected chi connectivity index (χ2v) is 5.23. The molecule has 1 heterocycles. The van der Waals surface area contributed by atoms with Crippen LogP contribution in [0.2, 0.25) is 0 Å². The zero-order valence-electron chi connectivity index (χ0n) is 11.5. The van der Waals surface area contributed by atoms with Gasteiger partial charge in [0.25, 0.3) is 0 Å². The Kier molecular flexibility index (Phi) is 3.78. The summed E-state index contributed by atoms with van der Waals surface area (Å²) in [4.78, 5) is 4.37. The predicted molar refractivity (Wildman–Crippen MR) is 73.6 cm³/mol. The Balaban J connectivity index is 1.73. The first-order chi connectivity index (χ1) is 9.76. The van der Waals surface area contributed by atoms with Gasteiger partial charge in [-0.15, -0.1) is 0 Å². The van der Waals surface area contributed by atoms with Crippen LogP contribution in [-0.2, 0) is 6.42 Å². The summed E-state index contributed by atoms with van der Waals surface area (Å²) in [6.07, 6.45) is 3.27. The zero-order chi connectivity index (χ0) is 13.9. The summed E-state index contributed by atoms with van der Waals surface area (Å²) in [6.45, 7) is 3.04. The van der Waals surface area contributed by atoms with E-state index in [1.165, 1.54) is 25.0 Å². The number of halogens is 1. The monoisotopic (exact) mass is 275 g/mol. The van der Waals surface area contributed by atoms with Gasteiger partial charge in [-0.3, -0.25) is 0 Å². The Hall–Kier alpha value is -1.75. The van der Waals surface area contributed by atoms with Crippen molar-refractivity contribution in [2.75, 3.05) is 6.54 Å². The number of rotatable bonds is 6. The van der Waals surface area contributed by atoms with E-state index < -0.39 is 0 Å². The molecule has 4 nitrogen and oxygen atoms in total. The summed E-state index contributed by atoms with van der Waals surface area (Å²) in [5, 5.41) is 7.40. The third-order valence-electron chi connectivity index (χ3n) is 3.60. The molecule has 1 fully saturated rings. The van der Waals surface area contributed by atoms with E-state index >= 15 is 0 Å². The maximum Gasteiger partial charge on any atom is 0.228 e. The highest BCUT2D eigenvalue weighted by Gasteiger charge is 2.31. The van der Waals surface area contributed by atoms with E-state index in [1.807, 2.05) is 0 Å². The van der Waals surface area contributed by atoms with Crippen molar-refractivity contribution in [3.05, 3.63) is 36.0 Å². The van der Waals surface area contributed by atoms with Crippen LogP contribution in [0, 0.1) is 11.7 Å². The van der Waals surface area contributed by atoms with Crippen LogP contribution < -0.4 is 5.32 Å². The Morgan fingerprint density at radius 3 is 3.00 bits per heavy atom. The summed E-state index contributed by atoms with van der Waals surface area (Å²) in [7, 11) is 0. The first kappa shape index (κ1) is 13.2. The number of likely N-dealkylation sites (N-methyl/N-ethyl adjacent to an activating group) is 1. The molecule has 1 aromatic heterocycles. The molecule has 1 saturated carbocycles. The van der Waals surface area contributed by atoms with Crippen molar-refractivity contribution in [2.45, 2.75) is 32.2 Å². The lowest BCUT2D eigenvalue weighted by molar-refractivity contribution is 0.348. The van der Waals surface area contributed by atoms with Gasteiger partial charge in [-0.05, 0) is 37.4 Å². The molecule has 1 aromatic carbocycles. The summed E-state index contributed by atoms with van der Waals surface area (Å²) in [5.41, 5.74) is 0.645. The van der Waals surface area contributed by atoms with Crippen LogP contribution in [0.1, 0.15) is 25.7 Å². The van der Waals surface area contributed by atoms with Crippen molar-refractivity contribution in [3.63, 3.8) is 0 Å². The molecule has 3 rings (SSSR count). The first-order valence-electron chi connectivity index (χ1n) is 7.08. The van der Waals surface area contributed by atoms with Crippen LogP contribution >= 0.6 is 0 Å². The van der Waals surface area contributed by atoms with E-state index in [2.05, 4.69) is 22.4 Å². The second-order valence-electron chi connectivity index (χ2n) is 5.23. The number of nitrogens with one attached hydrogen (secondary N) is 1. The van der Waals surface area contributed by atoms with Gasteiger partial charge < -0.3 is 9.84 Å². The maximum absolute atomic E-state index is 13.2. The average molecular weight is 275 g/mol. The number of nitrogens with zero attached hydrogens (tertiary/aromatic N) is 2. The van der Waals surface area contributed by atoms with E-state index in [0.29, 0.717) is 23.3 Å². The largest absolute Gasteiger partial charge is 0.339 e. The summed E-state index contributed by atoms with van der Waals surface area (Å²) >= 11 is 0. The highest BCUT2D eigenvalue weighted by molar-refractivity contribution is 5.53. The molecule has 1 aliphatic rings. The topological polar surface area (TPSA) is 51.0 Å². The van der Waals surface area contributed by atoms with E-state index in [4.69, 9.17) is 4.52 Å². The molecule has 0 spiro atoms. The second kappa shape index (κ2) is 5.71. The average Bonchev–Trinajstić information content (AvgIpc) is 3.18. The van der Waals surface area contributed by atoms with Gasteiger partial charge >= 0.3 is 0 Å². The number of hydrogen-bond acceptors (Lipinski definition) is 4. The van der Waals surface area contributed by atoms with Crippen molar-refractivity contribution in [1.29, 1.82) is 0 Å². The Morgan fingerprint density at radius 2 is 2.30 bits per heavy atom. The van der Waals surface area contributed by atoms with Gasteiger partial charge in [-0.25, -0.2) is 4.39 Å². The summed E-state index contributed by atoms with van der Waals surface area (Å²) in [6, 6.07) is 6.64. The van der Waals surface area contributed by atoms with Crippen molar-refractivity contribution in [2.24, 2.45) is 5.92 Å². The van der Waals surface area contributed by atoms with Crippen LogP contribution in [0.5, 0.6) is 0 Å². The lowest BCUT2D eigenvalue weighted by atomic mass is 10.1. The number of benzene rings is 1. The number of aromatic nitrogens is 2. The molecular formula is C15H18FN3O. The Labute approximate surface area is 117 Å². The van der Waals surface area contributed by atoms with Gasteiger partial charge in [-0.1, -0.05) is 24.2 Å². The lowest BCUT2D eigenvalue weighted by Crippen LogP contribution is -2.33. The first-order valence-corrected chi connectivity index (χ1v) is 7.08. The normalized spacial score (nSPS) is 16.3. The Bertz CT molecular complexity index is 580. The molecule has 1 aliphatic carbocycles. The molecule has 1 unspecified atom stereocenters. The van der Waals surface area contributed by atoms with Crippen molar-refractivity contribution < 1.29 is 8.91 Å². The highest BCUT2D eigenvalue weighted by Crippen LogP contribution is 2.34. The fraction of sp³-hybridized carbons (Fsp3) is 0.467. The maximum atomic E-state index is 13.2. The minimum atomic E-state index is -0.294. The molecule has 20 heavy (non-hydrogen) atoms. The van der Waals surface area contributed by atoms with Gasteiger partial charge in [0.15, 0.2) is 0 Å².